The number of ether oxygens (including phenoxy) is 1. The number of benzene rings is 1. The Balaban J connectivity index is 2.07. The zero-order valence-electron chi connectivity index (χ0n) is 12.4. The summed E-state index contributed by atoms with van der Waals surface area (Å²) in [5, 5.41) is 5.54. The monoisotopic (exact) mass is 300 g/mol. The molecule has 0 spiro atoms. The molecule has 0 saturated carbocycles. The number of aryl methyl sites for hydroxylation is 1. The second kappa shape index (κ2) is 7.26. The van der Waals surface area contributed by atoms with E-state index < -0.39 is 0 Å². The van der Waals surface area contributed by atoms with Crippen LogP contribution in [0.3, 0.4) is 0 Å². The van der Waals surface area contributed by atoms with Crippen molar-refractivity contribution in [2.24, 2.45) is 5.18 Å². The average molecular weight is 300 g/mol. The van der Waals surface area contributed by atoms with Gasteiger partial charge in [-0.25, -0.2) is 9.97 Å². The molecule has 0 aliphatic heterocycles. The van der Waals surface area contributed by atoms with E-state index in [0.717, 1.165) is 11.3 Å². The molecular weight excluding hydrogens is 284 g/mol. The van der Waals surface area contributed by atoms with Crippen molar-refractivity contribution in [1.82, 2.24) is 15.3 Å². The molecule has 2 aromatic rings. The van der Waals surface area contributed by atoms with Crippen molar-refractivity contribution >= 4 is 5.91 Å². The third kappa shape index (κ3) is 4.08. The van der Waals surface area contributed by atoms with Crippen LogP contribution in [0, 0.1) is 11.8 Å². The van der Waals surface area contributed by atoms with Crippen molar-refractivity contribution < 1.29 is 9.53 Å². The van der Waals surface area contributed by atoms with Crippen LogP contribution < -0.4 is 10.1 Å². The molecule has 1 aromatic carbocycles. The zero-order valence-corrected chi connectivity index (χ0v) is 12.4. The second-order valence-corrected chi connectivity index (χ2v) is 4.61. The maximum Gasteiger partial charge on any atom is 0.270 e. The first kappa shape index (κ1) is 15.6. The summed E-state index contributed by atoms with van der Waals surface area (Å²) < 4.78 is 5.13. The molecule has 7 nitrogen and oxygen atoms in total. The van der Waals surface area contributed by atoms with Gasteiger partial charge in [-0.3, -0.25) is 4.79 Å². The maximum absolute atomic E-state index is 12.1. The van der Waals surface area contributed by atoms with Crippen molar-refractivity contribution in [2.75, 3.05) is 7.11 Å². The molecule has 0 radical (unpaired) electrons. The molecular formula is C15H16N4O3. The fourth-order valence-electron chi connectivity index (χ4n) is 1.95. The number of aromatic nitrogens is 2. The van der Waals surface area contributed by atoms with E-state index in [9.17, 15) is 9.70 Å². The van der Waals surface area contributed by atoms with Crippen LogP contribution in [-0.2, 0) is 13.1 Å². The van der Waals surface area contributed by atoms with Gasteiger partial charge in [0.2, 0.25) is 0 Å². The molecule has 2 rings (SSSR count). The van der Waals surface area contributed by atoms with Crippen LogP contribution in [0.1, 0.15) is 27.6 Å². The highest BCUT2D eigenvalue weighted by Crippen LogP contribution is 2.12. The second-order valence-electron chi connectivity index (χ2n) is 4.61. The molecule has 114 valence electrons. The minimum absolute atomic E-state index is 0.0838. The van der Waals surface area contributed by atoms with Gasteiger partial charge >= 0.3 is 0 Å². The summed E-state index contributed by atoms with van der Waals surface area (Å²) in [5.74, 6) is 0.817. The van der Waals surface area contributed by atoms with Gasteiger partial charge in [-0.05, 0) is 30.7 Å². The Morgan fingerprint density at radius 1 is 1.32 bits per heavy atom. The number of hydrogen-bond donors (Lipinski definition) is 1. The van der Waals surface area contributed by atoms with Crippen LogP contribution in [-0.4, -0.2) is 23.0 Å². The molecule has 1 amide bonds. The van der Waals surface area contributed by atoms with Crippen LogP contribution in [0.25, 0.3) is 0 Å². The molecule has 1 aromatic heterocycles. The molecule has 0 unspecified atom stereocenters. The Kier molecular flexibility index (Phi) is 5.13. The Morgan fingerprint density at radius 3 is 2.86 bits per heavy atom. The summed E-state index contributed by atoms with van der Waals surface area (Å²) in [4.78, 5) is 30.6. The van der Waals surface area contributed by atoms with Crippen molar-refractivity contribution in [2.45, 2.75) is 20.0 Å². The van der Waals surface area contributed by atoms with Gasteiger partial charge in [-0.15, -0.1) is 0 Å². The van der Waals surface area contributed by atoms with Gasteiger partial charge in [-0.2, -0.15) is 4.91 Å². The summed E-state index contributed by atoms with van der Waals surface area (Å²) in [5.41, 5.74) is 1.55. The van der Waals surface area contributed by atoms with Gasteiger partial charge in [0.1, 0.15) is 23.8 Å². The maximum atomic E-state index is 12.1. The molecule has 22 heavy (non-hydrogen) atoms. The number of nitrogens with one attached hydrogen (secondary N) is 1. The van der Waals surface area contributed by atoms with Gasteiger partial charge in [0.25, 0.3) is 5.91 Å². The first-order chi connectivity index (χ1) is 10.6. The fraction of sp³-hybridized carbons (Fsp3) is 0.267. The van der Waals surface area contributed by atoms with Crippen LogP contribution in [0.4, 0.5) is 0 Å². The predicted molar refractivity (Wildman–Crippen MR) is 80.4 cm³/mol. The Morgan fingerprint density at radius 2 is 2.14 bits per heavy atom. The summed E-state index contributed by atoms with van der Waals surface area (Å²) in [7, 11) is 1.59. The minimum atomic E-state index is -0.333. The van der Waals surface area contributed by atoms with Crippen LogP contribution in [0.5, 0.6) is 5.75 Å². The lowest BCUT2D eigenvalue weighted by atomic mass is 10.2. The first-order valence-electron chi connectivity index (χ1n) is 6.67. The van der Waals surface area contributed by atoms with E-state index in [2.05, 4.69) is 20.5 Å². The fourth-order valence-corrected chi connectivity index (χ4v) is 1.95. The average Bonchev–Trinajstić information content (AvgIpc) is 2.52. The van der Waals surface area contributed by atoms with E-state index in [0.29, 0.717) is 18.1 Å². The number of nitrogens with zero attached hydrogens (tertiary/aromatic N) is 3. The van der Waals surface area contributed by atoms with Gasteiger partial charge in [-0.1, -0.05) is 17.3 Å². The van der Waals surface area contributed by atoms with Crippen molar-refractivity contribution in [3.63, 3.8) is 0 Å². The standard InChI is InChI=1S/C15H16N4O3/c1-10-18-12(9-17-21)7-14(19-10)15(20)16-8-11-4-3-5-13(6-11)22-2/h3-7H,8-9H2,1-2H3,(H,16,20). The summed E-state index contributed by atoms with van der Waals surface area (Å²) >= 11 is 0. The number of nitroso groups, excluding NO2 is 1. The van der Waals surface area contributed by atoms with Crippen molar-refractivity contribution in [3.05, 3.63) is 58.0 Å². The highest BCUT2D eigenvalue weighted by molar-refractivity contribution is 5.92. The van der Waals surface area contributed by atoms with E-state index >= 15 is 0 Å². The number of methoxy groups -OCH3 is 1. The molecule has 0 atom stereocenters. The normalized spacial score (nSPS) is 10.1. The van der Waals surface area contributed by atoms with E-state index in [1.54, 1.807) is 14.0 Å². The third-order valence-electron chi connectivity index (χ3n) is 2.94. The van der Waals surface area contributed by atoms with Crippen LogP contribution in [0.15, 0.2) is 35.5 Å². The minimum Gasteiger partial charge on any atom is -0.497 e. The van der Waals surface area contributed by atoms with Gasteiger partial charge in [0, 0.05) is 6.54 Å². The van der Waals surface area contributed by atoms with E-state index in [4.69, 9.17) is 4.74 Å². The van der Waals surface area contributed by atoms with E-state index in [1.807, 2.05) is 24.3 Å². The van der Waals surface area contributed by atoms with Gasteiger partial charge < -0.3 is 10.1 Å². The Bertz CT molecular complexity index is 688. The lowest BCUT2D eigenvalue weighted by Crippen LogP contribution is -2.24. The quantitative estimate of drug-likeness (QED) is 0.823. The van der Waals surface area contributed by atoms with E-state index in [1.165, 1.54) is 6.07 Å². The smallest absolute Gasteiger partial charge is 0.270 e. The zero-order chi connectivity index (χ0) is 15.9. The van der Waals surface area contributed by atoms with Gasteiger partial charge in [0.15, 0.2) is 0 Å². The molecule has 1 heterocycles. The molecule has 1 N–H and O–H groups in total. The number of hydrogen-bond acceptors (Lipinski definition) is 6. The summed E-state index contributed by atoms with van der Waals surface area (Å²) in [6.07, 6.45) is 0. The molecule has 0 fully saturated rings. The van der Waals surface area contributed by atoms with Crippen molar-refractivity contribution in [3.8, 4) is 5.75 Å². The van der Waals surface area contributed by atoms with Gasteiger partial charge in [0.05, 0.1) is 12.8 Å². The number of rotatable bonds is 6. The molecule has 7 heteroatoms. The Hall–Kier alpha value is -2.83. The molecule has 0 aliphatic carbocycles. The Labute approximate surface area is 127 Å². The predicted octanol–water partition coefficient (Wildman–Crippen LogP) is 1.99. The van der Waals surface area contributed by atoms with Crippen molar-refractivity contribution in [1.29, 1.82) is 0 Å². The number of carbonyl (C=O) groups excluding carboxylic acids is 1. The largest absolute Gasteiger partial charge is 0.497 e. The van der Waals surface area contributed by atoms with Crippen LogP contribution >= 0.6 is 0 Å². The molecule has 0 saturated heterocycles. The summed E-state index contributed by atoms with van der Waals surface area (Å²) in [6, 6.07) is 8.87. The molecule has 0 aliphatic rings. The van der Waals surface area contributed by atoms with E-state index in [-0.39, 0.29) is 18.1 Å². The number of carbonyl (C=O) groups is 1. The highest BCUT2D eigenvalue weighted by Gasteiger charge is 2.10. The highest BCUT2D eigenvalue weighted by atomic mass is 16.5. The lowest BCUT2D eigenvalue weighted by molar-refractivity contribution is 0.0945. The topological polar surface area (TPSA) is 93.5 Å². The van der Waals surface area contributed by atoms with Crippen LogP contribution in [0.2, 0.25) is 0 Å². The summed E-state index contributed by atoms with van der Waals surface area (Å²) in [6.45, 7) is 1.92. The number of amides is 1. The first-order valence-corrected chi connectivity index (χ1v) is 6.67. The lowest BCUT2D eigenvalue weighted by Gasteiger charge is -2.07. The molecule has 0 bridgehead atoms. The third-order valence-corrected chi connectivity index (χ3v) is 2.94. The SMILES string of the molecule is COc1cccc(CNC(=O)c2cc(CN=O)nc(C)n2)c1.